The van der Waals surface area contributed by atoms with Gasteiger partial charge in [0.05, 0.1) is 33.9 Å². The van der Waals surface area contributed by atoms with Gasteiger partial charge in [-0.1, -0.05) is 153 Å². The summed E-state index contributed by atoms with van der Waals surface area (Å²) in [6.45, 7) is 21.2. The van der Waals surface area contributed by atoms with Gasteiger partial charge in [-0.25, -0.2) is 34.1 Å². The Kier molecular flexibility index (Phi) is 30.0. The molecule has 1 aliphatic carbocycles. The summed E-state index contributed by atoms with van der Waals surface area (Å²) in [4.78, 5) is 77.7. The van der Waals surface area contributed by atoms with Crippen LogP contribution in [0.15, 0.2) is 323 Å². The third kappa shape index (κ3) is 22.7. The molecular weight excluding hydrogens is 1750 g/mol. The molecule has 27 nitrogen and oxygen atoms in total. The van der Waals surface area contributed by atoms with E-state index in [4.69, 9.17) is 62.8 Å². The Bertz CT molecular complexity index is 6990. The van der Waals surface area contributed by atoms with Gasteiger partial charge in [-0.2, -0.15) is 10.2 Å². The monoisotopic (exact) mass is 1850 g/mol. The van der Waals surface area contributed by atoms with Gasteiger partial charge in [0.15, 0.2) is 28.6 Å². The van der Waals surface area contributed by atoms with Gasteiger partial charge >= 0.3 is 0 Å². The minimum Gasteiger partial charge on any atom is -0.457 e. The number of rotatable bonds is 26. The summed E-state index contributed by atoms with van der Waals surface area (Å²) in [5.41, 5.74) is 23.9. The minimum atomic E-state index is -0.218. The number of amides is 3. The maximum absolute atomic E-state index is 12.3. The van der Waals surface area contributed by atoms with E-state index in [-0.39, 0.29) is 47.4 Å². The first-order chi connectivity index (χ1) is 66.3. The number of likely N-dealkylation sites (tertiary alicyclic amines) is 2. The smallest absolute Gasteiger partial charge is 0.246 e. The number of anilines is 5. The van der Waals surface area contributed by atoms with Crippen molar-refractivity contribution in [2.75, 3.05) is 48.3 Å². The van der Waals surface area contributed by atoms with Crippen molar-refractivity contribution in [3.63, 3.8) is 0 Å². The quantitative estimate of drug-likeness (QED) is 0.0314. The molecule has 9 heterocycles. The van der Waals surface area contributed by atoms with E-state index in [2.05, 4.69) is 82.4 Å². The first-order valence-electron chi connectivity index (χ1n) is 44.5. The Morgan fingerprint density at radius 1 is 0.515 bits per heavy atom. The highest BCUT2D eigenvalue weighted by atomic mass is 35.5. The standard InChI is InChI=1S/C29H22N2O4.C28H27Cl2N5O2.C26H25N5O2.C24H25N5O2/c1-2-28(32)31-19-20-7-6-8-21(17-20)27-18-25-29(35-27)26(15-16-30-25)34-24-13-11-23(12-14-24)33-22-9-4-3-5-10-22;1-4-23(36)34-11-5-6-19(14-34)26-25(30)24(27-28(31)32-15-33-35(26)27)18-8-10-22(17(3)12-18)37-20-9-7-16(2)21(29)13-20;1-2-24(32)18-7-6-8-20(15-18)31-26-23(16-29-31)25(27-17-28-26)30-19-11-13-22(14-12-19)33-21-9-4-3-5-10-21;1-2-21(30)29-14-6-7-18(15-29)28-24-22(23(25)26-16-27-24)17-10-12-20(13-11-17)31-19-8-4-3-5-9-19/h2-18H,1,19H2,(H,31,32);4,7-10,12-13,15,19H,1,5-6,11,14H2,2-3H3,(H2,31,32,33);2-5,9-14,16-18,20H,1,6-8,15H2,(H,27,28,30);2-5,8-13,16,18H,1,6-7,14-15H2,(H3,25,26,27,28)/t;;18?,20-;18-/m..11/s1. The van der Waals surface area contributed by atoms with Gasteiger partial charge in [0.25, 0.3) is 0 Å². The summed E-state index contributed by atoms with van der Waals surface area (Å²) in [6, 6.07) is 74.8. The van der Waals surface area contributed by atoms with Gasteiger partial charge in [0, 0.05) is 90.8 Å². The molecule has 29 heteroatoms. The number of pyridine rings is 1. The molecule has 1 saturated carbocycles. The minimum absolute atomic E-state index is 0.00399. The van der Waals surface area contributed by atoms with Crippen LogP contribution in [0.5, 0.6) is 57.5 Å². The van der Waals surface area contributed by atoms with Gasteiger partial charge in [-0.05, 0) is 238 Å². The molecule has 19 rings (SSSR count). The Morgan fingerprint density at radius 2 is 1.12 bits per heavy atom. The lowest BCUT2D eigenvalue weighted by Crippen LogP contribution is -2.44. The number of nitrogen functional groups attached to an aromatic ring is 2. The lowest BCUT2D eigenvalue weighted by Gasteiger charge is -2.33. The lowest BCUT2D eigenvalue weighted by molar-refractivity contribution is -0.127. The fourth-order valence-electron chi connectivity index (χ4n) is 16.6. The van der Waals surface area contributed by atoms with Crippen molar-refractivity contribution >= 4 is 103 Å². The second-order valence-corrected chi connectivity index (χ2v) is 33.5. The fourth-order valence-corrected chi connectivity index (χ4v) is 17.2. The molecule has 16 aromatic rings. The van der Waals surface area contributed by atoms with Crippen LogP contribution < -0.4 is 51.1 Å². The van der Waals surface area contributed by atoms with E-state index in [1.807, 2.05) is 243 Å². The number of ketones is 1. The van der Waals surface area contributed by atoms with Crippen molar-refractivity contribution < 1.29 is 47.3 Å². The van der Waals surface area contributed by atoms with E-state index in [1.165, 1.54) is 37.0 Å². The molecule has 3 aliphatic rings. The highest BCUT2D eigenvalue weighted by Crippen LogP contribution is 2.46. The molecule has 2 aliphatic heterocycles. The van der Waals surface area contributed by atoms with E-state index in [0.717, 1.165) is 154 Å². The van der Waals surface area contributed by atoms with Crippen molar-refractivity contribution in [2.45, 2.75) is 89.8 Å². The third-order valence-corrected chi connectivity index (χ3v) is 24.2. The highest BCUT2D eigenvalue weighted by molar-refractivity contribution is 6.35. The van der Waals surface area contributed by atoms with Crippen LogP contribution in [0.25, 0.3) is 61.2 Å². The fraction of sp³-hybridized carbons (Fsp3) is 0.178. The van der Waals surface area contributed by atoms with Crippen molar-refractivity contribution in [3.8, 4) is 91.1 Å². The number of ether oxygens (including phenoxy) is 5. The van der Waals surface area contributed by atoms with Crippen LogP contribution in [0.3, 0.4) is 0 Å². The van der Waals surface area contributed by atoms with Gasteiger partial charge in [0.2, 0.25) is 17.7 Å². The number of para-hydroxylation sites is 3. The largest absolute Gasteiger partial charge is 0.457 e. The lowest BCUT2D eigenvalue weighted by atomic mass is 9.83. The zero-order chi connectivity index (χ0) is 94.6. The van der Waals surface area contributed by atoms with E-state index in [9.17, 15) is 19.2 Å². The van der Waals surface area contributed by atoms with Crippen LogP contribution in [0.1, 0.15) is 85.7 Å². The number of halogens is 2. The summed E-state index contributed by atoms with van der Waals surface area (Å²) >= 11 is 13.4. The second-order valence-electron chi connectivity index (χ2n) is 32.7. The molecule has 9 aromatic carbocycles. The van der Waals surface area contributed by atoms with E-state index in [0.29, 0.717) is 111 Å². The number of aryl methyl sites for hydroxylation is 2. The van der Waals surface area contributed by atoms with Crippen LogP contribution >= 0.6 is 23.2 Å². The number of hydrogen-bond acceptors (Lipinski definition) is 22. The second kappa shape index (κ2) is 43.9. The Morgan fingerprint density at radius 3 is 1.77 bits per heavy atom. The molecule has 136 heavy (non-hydrogen) atoms. The number of fused-ring (bicyclic) bond motifs is 3. The Labute approximate surface area is 796 Å². The van der Waals surface area contributed by atoms with Gasteiger partial charge in [-0.3, -0.25) is 24.2 Å². The molecule has 7 N–H and O–H groups in total. The van der Waals surface area contributed by atoms with Crippen LogP contribution in [-0.4, -0.2) is 115 Å². The molecule has 2 saturated heterocycles. The SMILES string of the molecule is C=CC(=O)C1CCC[C@@H](n2ncc3c(Nc4ccc(Oc5ccccc5)cc4)ncnc32)C1.C=CC(=O)N1CCCC(c2c(Cl)c(-c3ccc(Oc4ccc(C)c(Cl)c4)c(C)c3)c3c(N)ncnn23)C1.C=CC(=O)N1CCC[C@@H](Nc2ncnc(N)c2-c2ccc(Oc3ccccc3)cc2)C1.C=CC(=O)NCc1cccc(-c2cc3nccc(Oc4ccc(Oc5ccccc5)cc4)c3o2)c1. The highest BCUT2D eigenvalue weighted by Gasteiger charge is 2.34. The Hall–Kier alpha value is -16.3. The number of nitrogens with two attached hydrogens (primary N) is 2. The Balaban J connectivity index is 0.000000132. The first-order valence-corrected chi connectivity index (χ1v) is 45.3. The predicted molar refractivity (Wildman–Crippen MR) is 532 cm³/mol. The molecule has 0 spiro atoms. The number of benzene rings is 9. The van der Waals surface area contributed by atoms with Crippen molar-refractivity contribution in [1.82, 2.24) is 64.4 Å². The molecule has 3 amide bonds. The van der Waals surface area contributed by atoms with Crippen LogP contribution in [0.4, 0.5) is 29.0 Å². The maximum Gasteiger partial charge on any atom is 0.246 e. The third-order valence-electron chi connectivity index (χ3n) is 23.5. The number of carbonyl (C=O) groups is 4. The van der Waals surface area contributed by atoms with Crippen LogP contribution in [0.2, 0.25) is 10.0 Å². The molecule has 3 fully saturated rings. The average molecular weight is 1850 g/mol. The maximum atomic E-state index is 12.3. The van der Waals surface area contributed by atoms with E-state index in [1.54, 1.807) is 45.2 Å². The zero-order valence-corrected chi connectivity index (χ0v) is 76.4. The number of nitrogens with zero attached hydrogens (tertiary/aromatic N) is 12. The summed E-state index contributed by atoms with van der Waals surface area (Å²) in [6.07, 6.45) is 20.5. The summed E-state index contributed by atoms with van der Waals surface area (Å²) in [7, 11) is 0. The van der Waals surface area contributed by atoms with Crippen LogP contribution in [0, 0.1) is 19.8 Å². The number of piperidine rings is 2. The molecule has 0 radical (unpaired) electrons. The number of carbonyl (C=O) groups excluding carboxylic acids is 4. The summed E-state index contributed by atoms with van der Waals surface area (Å²) in [5, 5.41) is 20.8. The average Bonchev–Trinajstić information content (AvgIpc) is 1.59. The normalized spacial score (nSPS) is 15.0. The van der Waals surface area contributed by atoms with Crippen molar-refractivity contribution in [1.29, 1.82) is 0 Å². The number of furan rings is 1. The molecule has 0 bridgehead atoms. The zero-order valence-electron chi connectivity index (χ0n) is 74.9. The number of hydrogen-bond donors (Lipinski definition) is 5. The number of allylic oxidation sites excluding steroid dienone is 1. The summed E-state index contributed by atoms with van der Waals surface area (Å²) < 4.78 is 39.7. The summed E-state index contributed by atoms with van der Waals surface area (Å²) in [5.74, 6) is 9.62. The molecular formula is C107H99Cl2N17O10. The molecule has 686 valence electrons. The van der Waals surface area contributed by atoms with Crippen molar-refractivity contribution in [2.24, 2.45) is 5.92 Å². The number of nitrogens with one attached hydrogen (secondary N) is 3. The van der Waals surface area contributed by atoms with Gasteiger partial charge in [0.1, 0.15) is 105 Å². The molecule has 2 unspecified atom stereocenters. The van der Waals surface area contributed by atoms with E-state index >= 15 is 0 Å². The van der Waals surface area contributed by atoms with Gasteiger partial charge < -0.3 is 65.3 Å². The molecule has 4 atom stereocenters. The van der Waals surface area contributed by atoms with Crippen LogP contribution in [-0.2, 0) is 25.7 Å². The van der Waals surface area contributed by atoms with E-state index < -0.39 is 0 Å². The first kappa shape index (κ1) is 93.0. The predicted octanol–water partition coefficient (Wildman–Crippen LogP) is 23.4. The number of aromatic nitrogens is 10. The van der Waals surface area contributed by atoms with Gasteiger partial charge in [-0.15, -0.1) is 0 Å². The van der Waals surface area contributed by atoms with Crippen molar-refractivity contribution in [3.05, 3.63) is 351 Å². The topological polar surface area (TPSA) is 335 Å². The molecule has 7 aromatic heterocycles.